The van der Waals surface area contributed by atoms with Crippen LogP contribution < -0.4 is 0 Å². The third kappa shape index (κ3) is 0.734. The minimum Gasteiger partial charge on any atom is -0.362 e. The molecule has 0 saturated heterocycles. The van der Waals surface area contributed by atoms with Crippen LogP contribution in [-0.2, 0) is 0 Å². The molecule has 39 valence electrons. The molecule has 0 N–H and O–H groups in total. The van der Waals surface area contributed by atoms with Crippen molar-refractivity contribution in [1.82, 2.24) is 4.90 Å². The van der Waals surface area contributed by atoms with E-state index in [1.54, 1.807) is 0 Å². The normalized spacial score (nSPS) is 20.3. The molecular weight excluding hydrogens is 88.1 g/mol. The molecule has 0 fully saturated rings. The van der Waals surface area contributed by atoms with Gasteiger partial charge in [0.15, 0.2) is 0 Å². The Bertz CT molecular complexity index is 96.3. The quantitative estimate of drug-likeness (QED) is 0.420. The molecule has 0 aromatic rings. The van der Waals surface area contributed by atoms with Crippen molar-refractivity contribution in [2.24, 2.45) is 4.99 Å². The summed E-state index contributed by atoms with van der Waals surface area (Å²) in [6.45, 7) is 5.66. The first-order valence-electron chi connectivity index (χ1n) is 2.38. The summed E-state index contributed by atoms with van der Waals surface area (Å²) in [5, 5.41) is 0. The van der Waals surface area contributed by atoms with Gasteiger partial charge in [-0.3, -0.25) is 4.99 Å². The van der Waals surface area contributed by atoms with Crippen LogP contribution in [0.3, 0.4) is 0 Å². The molecule has 0 aromatic carbocycles. The zero-order valence-electron chi connectivity index (χ0n) is 4.52. The summed E-state index contributed by atoms with van der Waals surface area (Å²) in [6, 6.07) is 0. The lowest BCUT2D eigenvalue weighted by Crippen LogP contribution is -2.19. The SMILES string of the molecule is [CH2]C1=NCCN1C. The van der Waals surface area contributed by atoms with Crippen LogP contribution in [0.15, 0.2) is 4.99 Å². The van der Waals surface area contributed by atoms with E-state index in [0.717, 1.165) is 18.9 Å². The zero-order chi connectivity index (χ0) is 5.28. The molecule has 2 nitrogen and oxygen atoms in total. The van der Waals surface area contributed by atoms with Crippen LogP contribution in [0.25, 0.3) is 0 Å². The molecule has 1 aliphatic heterocycles. The van der Waals surface area contributed by atoms with Gasteiger partial charge in [-0.05, 0) is 0 Å². The molecule has 0 spiro atoms. The van der Waals surface area contributed by atoms with E-state index in [0.29, 0.717) is 0 Å². The van der Waals surface area contributed by atoms with Gasteiger partial charge in [-0.2, -0.15) is 0 Å². The van der Waals surface area contributed by atoms with Crippen molar-refractivity contribution in [3.05, 3.63) is 6.92 Å². The van der Waals surface area contributed by atoms with Crippen LogP contribution in [0, 0.1) is 6.92 Å². The molecule has 0 bridgehead atoms. The lowest BCUT2D eigenvalue weighted by Gasteiger charge is -2.07. The van der Waals surface area contributed by atoms with Crippen LogP contribution in [0.2, 0.25) is 0 Å². The Morgan fingerprint density at radius 2 is 2.57 bits per heavy atom. The van der Waals surface area contributed by atoms with Crippen molar-refractivity contribution < 1.29 is 0 Å². The zero-order valence-corrected chi connectivity index (χ0v) is 4.52. The number of likely N-dealkylation sites (N-methyl/N-ethyl adjacent to an activating group) is 1. The van der Waals surface area contributed by atoms with Gasteiger partial charge in [-0.1, -0.05) is 0 Å². The molecular formula is C5H9N2. The standard InChI is InChI=1S/C5H9N2/c1-5-6-3-4-7(5)2/h1,3-4H2,2H3. The molecule has 1 rings (SSSR count). The third-order valence-electron chi connectivity index (χ3n) is 1.17. The van der Waals surface area contributed by atoms with Gasteiger partial charge in [0.25, 0.3) is 0 Å². The first kappa shape index (κ1) is 4.62. The number of rotatable bonds is 0. The number of hydrogen-bond acceptors (Lipinski definition) is 2. The van der Waals surface area contributed by atoms with E-state index in [4.69, 9.17) is 0 Å². The van der Waals surface area contributed by atoms with E-state index < -0.39 is 0 Å². The van der Waals surface area contributed by atoms with Crippen LogP contribution >= 0.6 is 0 Å². The molecule has 0 atom stereocenters. The van der Waals surface area contributed by atoms with Gasteiger partial charge in [0.2, 0.25) is 0 Å². The number of aliphatic imine (C=N–C) groups is 1. The minimum atomic E-state index is 0.917. The summed E-state index contributed by atoms with van der Waals surface area (Å²) >= 11 is 0. The highest BCUT2D eigenvalue weighted by Gasteiger charge is 2.04. The highest BCUT2D eigenvalue weighted by atomic mass is 15.2. The highest BCUT2D eigenvalue weighted by molar-refractivity contribution is 5.87. The maximum Gasteiger partial charge on any atom is 0.0992 e. The van der Waals surface area contributed by atoms with E-state index in [1.807, 2.05) is 11.9 Å². The molecule has 0 unspecified atom stereocenters. The van der Waals surface area contributed by atoms with Gasteiger partial charge in [-0.15, -0.1) is 0 Å². The van der Waals surface area contributed by atoms with Crippen molar-refractivity contribution in [3.63, 3.8) is 0 Å². The van der Waals surface area contributed by atoms with Crippen LogP contribution in [-0.4, -0.2) is 30.9 Å². The maximum absolute atomic E-state index is 4.05. The van der Waals surface area contributed by atoms with Crippen molar-refractivity contribution in [2.45, 2.75) is 0 Å². The largest absolute Gasteiger partial charge is 0.362 e. The molecule has 2 heteroatoms. The number of amidine groups is 1. The first-order valence-corrected chi connectivity index (χ1v) is 2.38. The molecule has 0 aromatic heterocycles. The second-order valence-electron chi connectivity index (χ2n) is 1.72. The Morgan fingerprint density at radius 3 is 2.71 bits per heavy atom. The maximum atomic E-state index is 4.05. The van der Waals surface area contributed by atoms with Gasteiger partial charge >= 0.3 is 0 Å². The van der Waals surface area contributed by atoms with Crippen LogP contribution in [0.4, 0.5) is 0 Å². The molecule has 1 radical (unpaired) electrons. The first-order chi connectivity index (χ1) is 3.30. The van der Waals surface area contributed by atoms with Gasteiger partial charge in [0.1, 0.15) is 0 Å². The van der Waals surface area contributed by atoms with Gasteiger partial charge in [-0.25, -0.2) is 0 Å². The van der Waals surface area contributed by atoms with Crippen molar-refractivity contribution in [3.8, 4) is 0 Å². The molecule has 0 amide bonds. The van der Waals surface area contributed by atoms with Gasteiger partial charge < -0.3 is 4.90 Å². The molecule has 0 saturated carbocycles. The molecule has 7 heavy (non-hydrogen) atoms. The van der Waals surface area contributed by atoms with E-state index in [-0.39, 0.29) is 0 Å². The summed E-state index contributed by atoms with van der Waals surface area (Å²) in [4.78, 5) is 6.09. The summed E-state index contributed by atoms with van der Waals surface area (Å²) in [5.74, 6) is 0.917. The fourth-order valence-corrected chi connectivity index (χ4v) is 0.579. The smallest absolute Gasteiger partial charge is 0.0992 e. The Hall–Kier alpha value is -0.530. The number of hydrogen-bond donors (Lipinski definition) is 0. The molecule has 0 aliphatic carbocycles. The second-order valence-corrected chi connectivity index (χ2v) is 1.72. The molecule has 1 aliphatic rings. The summed E-state index contributed by atoms with van der Waals surface area (Å²) in [7, 11) is 2.00. The minimum absolute atomic E-state index is 0.917. The predicted molar refractivity (Wildman–Crippen MR) is 30.3 cm³/mol. The van der Waals surface area contributed by atoms with E-state index in [9.17, 15) is 0 Å². The lowest BCUT2D eigenvalue weighted by molar-refractivity contribution is 0.558. The molecule has 1 heterocycles. The van der Waals surface area contributed by atoms with E-state index in [1.165, 1.54) is 0 Å². The Balaban J connectivity index is 2.54. The Labute approximate surface area is 43.8 Å². The van der Waals surface area contributed by atoms with Crippen molar-refractivity contribution in [2.75, 3.05) is 20.1 Å². The number of nitrogens with zero attached hydrogens (tertiary/aromatic N) is 2. The van der Waals surface area contributed by atoms with E-state index in [2.05, 4.69) is 11.9 Å². The topological polar surface area (TPSA) is 15.6 Å². The average molecular weight is 97.1 g/mol. The monoisotopic (exact) mass is 97.1 g/mol. The summed E-state index contributed by atoms with van der Waals surface area (Å²) in [6.07, 6.45) is 0. The lowest BCUT2D eigenvalue weighted by atomic mass is 10.6. The second kappa shape index (κ2) is 1.52. The highest BCUT2D eigenvalue weighted by Crippen LogP contribution is 1.94. The predicted octanol–water partition coefficient (Wildman–Crippen LogP) is 0.164. The van der Waals surface area contributed by atoms with Crippen molar-refractivity contribution in [1.29, 1.82) is 0 Å². The average Bonchev–Trinajstić information content (AvgIpc) is 1.91. The fourth-order valence-electron chi connectivity index (χ4n) is 0.579. The van der Waals surface area contributed by atoms with Crippen LogP contribution in [0.1, 0.15) is 0 Å². The Kier molecular flexibility index (Phi) is 1.01. The summed E-state index contributed by atoms with van der Waals surface area (Å²) < 4.78 is 0. The van der Waals surface area contributed by atoms with Crippen LogP contribution in [0.5, 0.6) is 0 Å². The van der Waals surface area contributed by atoms with Crippen molar-refractivity contribution >= 4 is 5.84 Å². The van der Waals surface area contributed by atoms with E-state index >= 15 is 0 Å². The Morgan fingerprint density at radius 1 is 1.86 bits per heavy atom. The third-order valence-corrected chi connectivity index (χ3v) is 1.17. The van der Waals surface area contributed by atoms with Gasteiger partial charge in [0.05, 0.1) is 12.4 Å². The van der Waals surface area contributed by atoms with Gasteiger partial charge in [0, 0.05) is 20.5 Å². The summed E-state index contributed by atoms with van der Waals surface area (Å²) in [5.41, 5.74) is 0. The fraction of sp³-hybridized carbons (Fsp3) is 0.600.